The molecule has 0 heterocycles. The van der Waals surface area contributed by atoms with E-state index >= 15 is 0 Å². The highest BCUT2D eigenvalue weighted by Gasteiger charge is 2.23. The summed E-state index contributed by atoms with van der Waals surface area (Å²) in [5.41, 5.74) is -1.08. The Kier molecular flexibility index (Phi) is 3.75. The van der Waals surface area contributed by atoms with E-state index in [1.165, 1.54) is 6.07 Å². The maximum absolute atomic E-state index is 13.6. The number of ether oxygens (including phenoxy) is 1. The van der Waals surface area contributed by atoms with Gasteiger partial charge in [0.05, 0.1) is 16.6 Å². The van der Waals surface area contributed by atoms with Crippen molar-refractivity contribution in [2.75, 3.05) is 0 Å². The summed E-state index contributed by atoms with van der Waals surface area (Å²) in [7, 11) is 0. The maximum Gasteiger partial charge on any atom is 0.314 e. The predicted octanol–water partition coefficient (Wildman–Crippen LogP) is 3.68. The molecule has 0 aliphatic carbocycles. The molecule has 8 heteroatoms. The second-order valence-corrected chi connectivity index (χ2v) is 3.83. The number of nitrogens with zero attached hydrogens (tertiary/aromatic N) is 2. The standard InChI is InChI=1S/C13H5F3N2O3/c14-8-2-1-3-11(18(19)20)13(8)21-12-9(15)4-7(6-17)5-10(12)16/h1-5H. The van der Waals surface area contributed by atoms with E-state index in [1.807, 2.05) is 0 Å². The minimum atomic E-state index is -1.27. The summed E-state index contributed by atoms with van der Waals surface area (Å²) in [5.74, 6) is -5.63. The van der Waals surface area contributed by atoms with Gasteiger partial charge in [-0.25, -0.2) is 13.2 Å². The van der Waals surface area contributed by atoms with Crippen molar-refractivity contribution in [2.24, 2.45) is 0 Å². The van der Waals surface area contributed by atoms with Gasteiger partial charge in [0, 0.05) is 6.07 Å². The minimum absolute atomic E-state index is 0.305. The van der Waals surface area contributed by atoms with Crippen molar-refractivity contribution in [3.05, 3.63) is 63.5 Å². The quantitative estimate of drug-likeness (QED) is 0.639. The zero-order chi connectivity index (χ0) is 15.6. The molecule has 106 valence electrons. The molecule has 0 saturated heterocycles. The molecule has 0 fully saturated rings. The number of hydrogen-bond donors (Lipinski definition) is 0. The van der Waals surface area contributed by atoms with E-state index < -0.39 is 39.6 Å². The molecule has 0 saturated carbocycles. The van der Waals surface area contributed by atoms with Crippen molar-refractivity contribution in [3.8, 4) is 17.6 Å². The second kappa shape index (κ2) is 5.50. The molecule has 0 atom stereocenters. The van der Waals surface area contributed by atoms with E-state index in [2.05, 4.69) is 4.74 Å². The van der Waals surface area contributed by atoms with Crippen LogP contribution in [-0.4, -0.2) is 4.92 Å². The molecule has 0 aliphatic heterocycles. The zero-order valence-electron chi connectivity index (χ0n) is 10.1. The SMILES string of the molecule is N#Cc1cc(F)c(Oc2c(F)cccc2[N+](=O)[O-])c(F)c1. The smallest absolute Gasteiger partial charge is 0.314 e. The lowest BCUT2D eigenvalue weighted by molar-refractivity contribution is -0.385. The molecular formula is C13H5F3N2O3. The van der Waals surface area contributed by atoms with Crippen molar-refractivity contribution in [2.45, 2.75) is 0 Å². The van der Waals surface area contributed by atoms with E-state index in [-0.39, 0.29) is 5.56 Å². The average molecular weight is 294 g/mol. The molecule has 0 aliphatic rings. The summed E-state index contributed by atoms with van der Waals surface area (Å²) in [4.78, 5) is 9.82. The first-order valence-electron chi connectivity index (χ1n) is 5.44. The molecule has 2 rings (SSSR count). The molecule has 0 amide bonds. The Morgan fingerprint density at radius 1 is 1.10 bits per heavy atom. The van der Waals surface area contributed by atoms with Crippen LogP contribution in [0.5, 0.6) is 11.5 Å². The second-order valence-electron chi connectivity index (χ2n) is 3.83. The molecule has 5 nitrogen and oxygen atoms in total. The highest BCUT2D eigenvalue weighted by molar-refractivity contribution is 5.50. The third-order valence-electron chi connectivity index (χ3n) is 2.47. The fourth-order valence-corrected chi connectivity index (χ4v) is 1.57. The minimum Gasteiger partial charge on any atom is -0.441 e. The van der Waals surface area contributed by atoms with Gasteiger partial charge in [0.25, 0.3) is 0 Å². The molecule has 2 aromatic rings. The van der Waals surface area contributed by atoms with Gasteiger partial charge in [-0.3, -0.25) is 10.1 Å². The van der Waals surface area contributed by atoms with Crippen LogP contribution in [0.3, 0.4) is 0 Å². The Bertz CT molecular complexity index is 749. The monoisotopic (exact) mass is 294 g/mol. The van der Waals surface area contributed by atoms with Crippen molar-refractivity contribution in [1.29, 1.82) is 5.26 Å². The molecule has 0 spiro atoms. The van der Waals surface area contributed by atoms with Crippen LogP contribution in [0.25, 0.3) is 0 Å². The van der Waals surface area contributed by atoms with Gasteiger partial charge in [-0.05, 0) is 18.2 Å². The van der Waals surface area contributed by atoms with Gasteiger partial charge in [0.2, 0.25) is 5.75 Å². The number of benzene rings is 2. The lowest BCUT2D eigenvalue weighted by atomic mass is 10.2. The first-order chi connectivity index (χ1) is 9.93. The summed E-state index contributed by atoms with van der Waals surface area (Å²) in [6, 6.07) is 5.71. The Labute approximate surface area is 116 Å². The van der Waals surface area contributed by atoms with Crippen LogP contribution in [0.2, 0.25) is 0 Å². The van der Waals surface area contributed by atoms with Gasteiger partial charge in [0.15, 0.2) is 23.2 Å². The molecule has 21 heavy (non-hydrogen) atoms. The number of nitriles is 1. The third kappa shape index (κ3) is 2.76. The average Bonchev–Trinajstić information content (AvgIpc) is 2.43. The lowest BCUT2D eigenvalue weighted by Crippen LogP contribution is -1.99. The largest absolute Gasteiger partial charge is 0.441 e. The molecule has 0 radical (unpaired) electrons. The fourth-order valence-electron chi connectivity index (χ4n) is 1.57. The topological polar surface area (TPSA) is 76.2 Å². The van der Waals surface area contributed by atoms with E-state index in [0.29, 0.717) is 12.1 Å². The van der Waals surface area contributed by atoms with Gasteiger partial charge >= 0.3 is 5.69 Å². The summed E-state index contributed by atoms with van der Waals surface area (Å²) in [6.45, 7) is 0. The first-order valence-corrected chi connectivity index (χ1v) is 5.44. The van der Waals surface area contributed by atoms with Crippen LogP contribution in [0.1, 0.15) is 5.56 Å². The van der Waals surface area contributed by atoms with Crippen LogP contribution >= 0.6 is 0 Å². The van der Waals surface area contributed by atoms with E-state index in [4.69, 9.17) is 5.26 Å². The summed E-state index contributed by atoms with van der Waals surface area (Å²) in [5, 5.41) is 19.3. The summed E-state index contributed by atoms with van der Waals surface area (Å²) in [6.07, 6.45) is 0. The summed E-state index contributed by atoms with van der Waals surface area (Å²) >= 11 is 0. The van der Waals surface area contributed by atoms with Gasteiger partial charge in [-0.1, -0.05) is 6.07 Å². The van der Waals surface area contributed by atoms with Crippen LogP contribution in [0.4, 0.5) is 18.9 Å². The van der Waals surface area contributed by atoms with E-state index in [9.17, 15) is 23.3 Å². The lowest BCUT2D eigenvalue weighted by Gasteiger charge is -2.09. The van der Waals surface area contributed by atoms with Crippen molar-refractivity contribution in [3.63, 3.8) is 0 Å². The Morgan fingerprint density at radius 3 is 2.24 bits per heavy atom. The number of rotatable bonds is 3. The first kappa shape index (κ1) is 14.3. The Balaban J connectivity index is 2.54. The normalized spacial score (nSPS) is 10.0. The number of hydrogen-bond acceptors (Lipinski definition) is 4. The van der Waals surface area contributed by atoms with Gasteiger partial charge in [-0.15, -0.1) is 0 Å². The van der Waals surface area contributed by atoms with Crippen LogP contribution in [0.15, 0.2) is 30.3 Å². The van der Waals surface area contributed by atoms with Crippen molar-refractivity contribution >= 4 is 5.69 Å². The molecule has 2 aromatic carbocycles. The highest BCUT2D eigenvalue weighted by Crippen LogP contribution is 2.36. The summed E-state index contributed by atoms with van der Waals surface area (Å²) < 4.78 is 45.5. The van der Waals surface area contributed by atoms with E-state index in [1.54, 1.807) is 0 Å². The molecular weight excluding hydrogens is 289 g/mol. The third-order valence-corrected chi connectivity index (χ3v) is 2.47. The van der Waals surface area contributed by atoms with Crippen molar-refractivity contribution < 1.29 is 22.8 Å². The van der Waals surface area contributed by atoms with Gasteiger partial charge in [0.1, 0.15) is 0 Å². The number of para-hydroxylation sites is 1. The van der Waals surface area contributed by atoms with Gasteiger partial charge in [-0.2, -0.15) is 5.26 Å². The number of halogens is 3. The Hall–Kier alpha value is -3.08. The highest BCUT2D eigenvalue weighted by atomic mass is 19.1. The van der Waals surface area contributed by atoms with Crippen LogP contribution in [0, 0.1) is 38.9 Å². The van der Waals surface area contributed by atoms with Crippen LogP contribution < -0.4 is 4.74 Å². The predicted molar refractivity (Wildman–Crippen MR) is 64.2 cm³/mol. The Morgan fingerprint density at radius 2 is 1.71 bits per heavy atom. The maximum atomic E-state index is 13.6. The molecule has 0 aromatic heterocycles. The van der Waals surface area contributed by atoms with Gasteiger partial charge < -0.3 is 4.74 Å². The molecule has 0 N–H and O–H groups in total. The molecule has 0 bridgehead atoms. The fraction of sp³-hybridized carbons (Fsp3) is 0. The van der Waals surface area contributed by atoms with Crippen LogP contribution in [-0.2, 0) is 0 Å². The molecule has 0 unspecified atom stereocenters. The van der Waals surface area contributed by atoms with E-state index in [0.717, 1.165) is 18.2 Å². The van der Waals surface area contributed by atoms with Crippen molar-refractivity contribution in [1.82, 2.24) is 0 Å². The number of nitro benzene ring substituents is 1. The zero-order valence-corrected chi connectivity index (χ0v) is 10.1. The number of nitro groups is 1.